The van der Waals surface area contributed by atoms with Gasteiger partial charge in [0.2, 0.25) is 0 Å². The summed E-state index contributed by atoms with van der Waals surface area (Å²) in [5.41, 5.74) is 2.25. The van der Waals surface area contributed by atoms with Gasteiger partial charge in [0, 0.05) is 17.1 Å². The number of hydrogen-bond donors (Lipinski definition) is 0. The highest BCUT2D eigenvalue weighted by atomic mass is 35.5. The van der Waals surface area contributed by atoms with Crippen molar-refractivity contribution in [2.75, 3.05) is 0 Å². The van der Waals surface area contributed by atoms with Crippen molar-refractivity contribution in [2.45, 2.75) is 20.4 Å². The van der Waals surface area contributed by atoms with Crippen molar-refractivity contribution in [3.63, 3.8) is 0 Å². The van der Waals surface area contributed by atoms with Crippen LogP contribution in [0.5, 0.6) is 0 Å². The lowest BCUT2D eigenvalue weighted by Gasteiger charge is -2.08. The Kier molecular flexibility index (Phi) is 3.29. The first kappa shape index (κ1) is 11.9. The molecule has 0 amide bonds. The lowest BCUT2D eigenvalue weighted by atomic mass is 10.1. The standard InChI is InChI=1S/C13H13ClN2O/c1-3-16-13(11(8-15-16)9(2)17)10-6-4-5-7-12(10)14/h4-8H,3H2,1-2H3. The zero-order valence-corrected chi connectivity index (χ0v) is 10.5. The number of hydrogen-bond acceptors (Lipinski definition) is 2. The fraction of sp³-hybridized carbons (Fsp3) is 0.231. The number of halogens is 1. The van der Waals surface area contributed by atoms with Crippen molar-refractivity contribution in [2.24, 2.45) is 0 Å². The van der Waals surface area contributed by atoms with Crippen LogP contribution in [-0.4, -0.2) is 15.6 Å². The lowest BCUT2D eigenvalue weighted by Crippen LogP contribution is -2.02. The maximum absolute atomic E-state index is 11.6. The van der Waals surface area contributed by atoms with Crippen LogP contribution in [0.25, 0.3) is 11.3 Å². The van der Waals surface area contributed by atoms with E-state index in [1.54, 1.807) is 10.9 Å². The summed E-state index contributed by atoms with van der Waals surface area (Å²) in [5, 5.41) is 4.84. The number of aryl methyl sites for hydroxylation is 1. The second-order valence-electron chi connectivity index (χ2n) is 3.76. The monoisotopic (exact) mass is 248 g/mol. The molecule has 0 radical (unpaired) electrons. The van der Waals surface area contributed by atoms with E-state index >= 15 is 0 Å². The van der Waals surface area contributed by atoms with E-state index in [0.717, 1.165) is 11.3 Å². The van der Waals surface area contributed by atoms with E-state index in [1.807, 2.05) is 31.2 Å². The number of carbonyl (C=O) groups is 1. The first-order chi connectivity index (χ1) is 8.15. The Labute approximate surface area is 105 Å². The molecule has 2 aromatic rings. The van der Waals surface area contributed by atoms with E-state index in [-0.39, 0.29) is 5.78 Å². The molecule has 0 aliphatic rings. The minimum atomic E-state index is -0.000352. The smallest absolute Gasteiger partial charge is 0.163 e. The van der Waals surface area contributed by atoms with Crippen LogP contribution in [-0.2, 0) is 6.54 Å². The molecule has 3 nitrogen and oxygen atoms in total. The average molecular weight is 249 g/mol. The van der Waals surface area contributed by atoms with E-state index in [0.29, 0.717) is 17.1 Å². The molecule has 0 bridgehead atoms. The zero-order chi connectivity index (χ0) is 12.4. The molecule has 1 aromatic heterocycles. The highest BCUT2D eigenvalue weighted by Gasteiger charge is 2.17. The van der Waals surface area contributed by atoms with Gasteiger partial charge in [-0.2, -0.15) is 5.10 Å². The predicted molar refractivity (Wildman–Crippen MR) is 68.4 cm³/mol. The van der Waals surface area contributed by atoms with Crippen molar-refractivity contribution >= 4 is 17.4 Å². The van der Waals surface area contributed by atoms with Crippen LogP contribution in [0.15, 0.2) is 30.5 Å². The summed E-state index contributed by atoms with van der Waals surface area (Å²) >= 11 is 6.17. The van der Waals surface area contributed by atoms with E-state index in [2.05, 4.69) is 5.10 Å². The zero-order valence-electron chi connectivity index (χ0n) is 9.77. The van der Waals surface area contributed by atoms with Crippen LogP contribution in [0.1, 0.15) is 24.2 Å². The van der Waals surface area contributed by atoms with Gasteiger partial charge in [-0.25, -0.2) is 0 Å². The molecule has 1 heterocycles. The molecule has 0 unspecified atom stereocenters. The summed E-state index contributed by atoms with van der Waals surface area (Å²) in [5.74, 6) is -0.000352. The van der Waals surface area contributed by atoms with Crippen LogP contribution < -0.4 is 0 Å². The van der Waals surface area contributed by atoms with Crippen LogP contribution in [0.2, 0.25) is 5.02 Å². The number of nitrogens with zero attached hydrogens (tertiary/aromatic N) is 2. The molecule has 0 aliphatic heterocycles. The number of carbonyl (C=O) groups excluding carboxylic acids is 1. The minimum absolute atomic E-state index is 0.000352. The van der Waals surface area contributed by atoms with Crippen molar-refractivity contribution in [3.8, 4) is 11.3 Å². The SMILES string of the molecule is CCn1ncc(C(C)=O)c1-c1ccccc1Cl. The average Bonchev–Trinajstić information content (AvgIpc) is 2.73. The minimum Gasteiger partial charge on any atom is -0.294 e. The molecular formula is C13H13ClN2O. The van der Waals surface area contributed by atoms with E-state index < -0.39 is 0 Å². The Morgan fingerprint density at radius 2 is 2.12 bits per heavy atom. The van der Waals surface area contributed by atoms with Gasteiger partial charge in [-0.1, -0.05) is 29.8 Å². The third-order valence-corrected chi connectivity index (χ3v) is 2.98. The highest BCUT2D eigenvalue weighted by molar-refractivity contribution is 6.33. The number of rotatable bonds is 3. The number of benzene rings is 1. The van der Waals surface area contributed by atoms with Crippen LogP contribution in [0.4, 0.5) is 0 Å². The van der Waals surface area contributed by atoms with Gasteiger partial charge in [0.1, 0.15) is 0 Å². The van der Waals surface area contributed by atoms with Crippen LogP contribution >= 0.6 is 11.6 Å². The fourth-order valence-corrected chi connectivity index (χ4v) is 2.05. The maximum Gasteiger partial charge on any atom is 0.163 e. The van der Waals surface area contributed by atoms with Crippen molar-refractivity contribution in [3.05, 3.63) is 41.0 Å². The molecule has 0 atom stereocenters. The van der Waals surface area contributed by atoms with Crippen LogP contribution in [0, 0.1) is 0 Å². The Hall–Kier alpha value is -1.61. The van der Waals surface area contributed by atoms with E-state index in [9.17, 15) is 4.79 Å². The van der Waals surface area contributed by atoms with Gasteiger partial charge in [-0.3, -0.25) is 9.48 Å². The molecule has 0 spiro atoms. The maximum atomic E-state index is 11.6. The fourth-order valence-electron chi connectivity index (χ4n) is 1.82. The Morgan fingerprint density at radius 1 is 1.41 bits per heavy atom. The predicted octanol–water partition coefficient (Wildman–Crippen LogP) is 3.43. The first-order valence-corrected chi connectivity index (χ1v) is 5.84. The molecule has 0 fully saturated rings. The number of Topliss-reactive ketones (excluding diaryl/α,β-unsaturated/α-hetero) is 1. The Bertz CT molecular complexity index is 560. The molecule has 0 N–H and O–H groups in total. The summed E-state index contributed by atoms with van der Waals surface area (Å²) < 4.78 is 1.79. The quantitative estimate of drug-likeness (QED) is 0.780. The summed E-state index contributed by atoms with van der Waals surface area (Å²) in [7, 11) is 0. The molecule has 88 valence electrons. The topological polar surface area (TPSA) is 34.9 Å². The second kappa shape index (κ2) is 4.72. The summed E-state index contributed by atoms with van der Waals surface area (Å²) in [6.07, 6.45) is 1.60. The summed E-state index contributed by atoms with van der Waals surface area (Å²) in [6, 6.07) is 7.48. The molecular weight excluding hydrogens is 236 g/mol. The molecule has 0 saturated carbocycles. The lowest BCUT2D eigenvalue weighted by molar-refractivity contribution is 0.101. The largest absolute Gasteiger partial charge is 0.294 e. The van der Waals surface area contributed by atoms with Crippen molar-refractivity contribution in [1.82, 2.24) is 9.78 Å². The molecule has 2 rings (SSSR count). The normalized spacial score (nSPS) is 10.5. The molecule has 17 heavy (non-hydrogen) atoms. The van der Waals surface area contributed by atoms with Gasteiger partial charge < -0.3 is 0 Å². The molecule has 0 saturated heterocycles. The Balaban J connectivity index is 2.69. The van der Waals surface area contributed by atoms with Gasteiger partial charge >= 0.3 is 0 Å². The third-order valence-electron chi connectivity index (χ3n) is 2.65. The first-order valence-electron chi connectivity index (χ1n) is 5.46. The van der Waals surface area contributed by atoms with Crippen molar-refractivity contribution in [1.29, 1.82) is 0 Å². The molecule has 1 aromatic carbocycles. The van der Waals surface area contributed by atoms with E-state index in [1.165, 1.54) is 6.92 Å². The summed E-state index contributed by atoms with van der Waals surface area (Å²) in [4.78, 5) is 11.6. The molecule has 0 aliphatic carbocycles. The number of ketones is 1. The van der Waals surface area contributed by atoms with Gasteiger partial charge in [0.25, 0.3) is 0 Å². The van der Waals surface area contributed by atoms with Crippen molar-refractivity contribution < 1.29 is 4.79 Å². The van der Waals surface area contributed by atoms with Crippen LogP contribution in [0.3, 0.4) is 0 Å². The van der Waals surface area contributed by atoms with Gasteiger partial charge in [-0.05, 0) is 19.9 Å². The number of aromatic nitrogens is 2. The van der Waals surface area contributed by atoms with E-state index in [4.69, 9.17) is 11.6 Å². The van der Waals surface area contributed by atoms with Gasteiger partial charge in [0.15, 0.2) is 5.78 Å². The van der Waals surface area contributed by atoms with Gasteiger partial charge in [0.05, 0.1) is 17.5 Å². The highest BCUT2D eigenvalue weighted by Crippen LogP contribution is 2.30. The summed E-state index contributed by atoms with van der Waals surface area (Å²) in [6.45, 7) is 4.22. The third kappa shape index (κ3) is 2.11. The molecule has 4 heteroatoms. The second-order valence-corrected chi connectivity index (χ2v) is 4.17. The Morgan fingerprint density at radius 3 is 2.71 bits per heavy atom. The van der Waals surface area contributed by atoms with Gasteiger partial charge in [-0.15, -0.1) is 0 Å².